The highest BCUT2D eigenvalue weighted by molar-refractivity contribution is 7.22. The lowest BCUT2D eigenvalue weighted by atomic mass is 9.97. The largest absolute Gasteiger partial charge is 0.356 e. The summed E-state index contributed by atoms with van der Waals surface area (Å²) >= 11 is 1.17. The molecular formula is C21H22F2N6O3S. The summed E-state index contributed by atoms with van der Waals surface area (Å²) in [5.74, 6) is -2.83. The van der Waals surface area contributed by atoms with Crippen LogP contribution in [0.3, 0.4) is 0 Å². The van der Waals surface area contributed by atoms with Crippen LogP contribution in [0.25, 0.3) is 10.3 Å². The van der Waals surface area contributed by atoms with Crippen LogP contribution in [0.5, 0.6) is 0 Å². The third-order valence-corrected chi connectivity index (χ3v) is 6.40. The fourth-order valence-electron chi connectivity index (χ4n) is 3.70. The predicted molar refractivity (Wildman–Crippen MR) is 120 cm³/mol. The number of halogens is 2. The summed E-state index contributed by atoms with van der Waals surface area (Å²) in [6.45, 7) is 3.33. The molecule has 1 aromatic carbocycles. The van der Waals surface area contributed by atoms with Crippen LogP contribution in [0.1, 0.15) is 19.8 Å². The van der Waals surface area contributed by atoms with E-state index < -0.39 is 23.1 Å². The standard InChI is InChI=1S/C21H22F2N6O3S/c1-2-24-19(31)12-4-3-7-28(9-12)21-27-18-17(33-21)20(32)29(11-25-18)10-16(30)26-13-5-6-14(22)15(23)8-13/h5-6,8,11-12H,2-4,7,9-10H2,1H3,(H,24,31)(H,26,30)/t12-/m1/s1. The Morgan fingerprint density at radius 3 is 2.85 bits per heavy atom. The van der Waals surface area contributed by atoms with Gasteiger partial charge in [0.2, 0.25) is 11.8 Å². The molecule has 4 rings (SSSR count). The van der Waals surface area contributed by atoms with Crippen LogP contribution in [-0.2, 0) is 16.1 Å². The van der Waals surface area contributed by atoms with E-state index >= 15 is 0 Å². The number of amides is 2. The number of carbonyl (C=O) groups is 2. The number of benzene rings is 1. The summed E-state index contributed by atoms with van der Waals surface area (Å²) in [6, 6.07) is 2.99. The average Bonchev–Trinajstić information content (AvgIpc) is 3.24. The summed E-state index contributed by atoms with van der Waals surface area (Å²) in [5, 5.41) is 5.88. The first-order chi connectivity index (χ1) is 15.9. The van der Waals surface area contributed by atoms with Gasteiger partial charge in [0.25, 0.3) is 5.56 Å². The van der Waals surface area contributed by atoms with Gasteiger partial charge in [-0.3, -0.25) is 19.0 Å². The number of aromatic nitrogens is 3. The lowest BCUT2D eigenvalue weighted by molar-refractivity contribution is -0.125. The minimum atomic E-state index is -1.09. The van der Waals surface area contributed by atoms with E-state index in [0.717, 1.165) is 36.1 Å². The van der Waals surface area contributed by atoms with Gasteiger partial charge in [0, 0.05) is 31.4 Å². The zero-order chi connectivity index (χ0) is 23.5. The van der Waals surface area contributed by atoms with Crippen LogP contribution in [-0.4, -0.2) is 46.0 Å². The number of nitrogens with zero attached hydrogens (tertiary/aromatic N) is 4. The number of fused-ring (bicyclic) bond motifs is 1. The van der Waals surface area contributed by atoms with Crippen molar-refractivity contribution in [3.8, 4) is 0 Å². The van der Waals surface area contributed by atoms with Crippen LogP contribution in [0.2, 0.25) is 0 Å². The first kappa shape index (κ1) is 22.8. The SMILES string of the molecule is CCNC(=O)[C@@H]1CCCN(c2nc3ncn(CC(=O)Nc4ccc(F)c(F)c4)c(=O)c3s2)C1. The van der Waals surface area contributed by atoms with Gasteiger partial charge in [-0.05, 0) is 31.9 Å². The van der Waals surface area contributed by atoms with E-state index in [4.69, 9.17) is 0 Å². The van der Waals surface area contributed by atoms with Gasteiger partial charge in [-0.2, -0.15) is 4.98 Å². The minimum Gasteiger partial charge on any atom is -0.356 e. The monoisotopic (exact) mass is 476 g/mol. The van der Waals surface area contributed by atoms with Crippen LogP contribution in [0, 0.1) is 17.6 Å². The fourth-order valence-corrected chi connectivity index (χ4v) is 4.70. The third kappa shape index (κ3) is 5.00. The molecule has 33 heavy (non-hydrogen) atoms. The van der Waals surface area contributed by atoms with Gasteiger partial charge >= 0.3 is 0 Å². The second kappa shape index (κ2) is 9.61. The normalized spacial score (nSPS) is 16.1. The zero-order valence-corrected chi connectivity index (χ0v) is 18.6. The highest BCUT2D eigenvalue weighted by Gasteiger charge is 2.27. The van der Waals surface area contributed by atoms with Gasteiger partial charge in [-0.25, -0.2) is 13.8 Å². The molecular weight excluding hydrogens is 454 g/mol. The molecule has 1 aliphatic heterocycles. The quantitative estimate of drug-likeness (QED) is 0.564. The van der Waals surface area contributed by atoms with Crippen molar-refractivity contribution < 1.29 is 18.4 Å². The molecule has 0 saturated carbocycles. The Labute approximate surface area is 191 Å². The molecule has 1 fully saturated rings. The van der Waals surface area contributed by atoms with Gasteiger partial charge in [0.1, 0.15) is 17.6 Å². The third-order valence-electron chi connectivity index (χ3n) is 5.30. The number of carbonyl (C=O) groups excluding carboxylic acids is 2. The molecule has 12 heteroatoms. The van der Waals surface area contributed by atoms with Crippen LogP contribution in [0.15, 0.2) is 29.3 Å². The van der Waals surface area contributed by atoms with Crippen molar-refractivity contribution in [3.05, 3.63) is 46.5 Å². The molecule has 0 unspecified atom stereocenters. The number of hydrogen-bond donors (Lipinski definition) is 2. The van der Waals surface area contributed by atoms with Gasteiger partial charge in [-0.1, -0.05) is 11.3 Å². The van der Waals surface area contributed by atoms with Gasteiger partial charge in [0.15, 0.2) is 22.4 Å². The van der Waals surface area contributed by atoms with Crippen molar-refractivity contribution in [1.29, 1.82) is 0 Å². The lowest BCUT2D eigenvalue weighted by Gasteiger charge is -2.31. The van der Waals surface area contributed by atoms with E-state index in [1.54, 1.807) is 0 Å². The molecule has 3 aromatic rings. The summed E-state index contributed by atoms with van der Waals surface area (Å²) in [6.07, 6.45) is 2.86. The highest BCUT2D eigenvalue weighted by atomic mass is 32.1. The summed E-state index contributed by atoms with van der Waals surface area (Å²) in [5.41, 5.74) is -0.0771. The molecule has 1 aliphatic rings. The maximum Gasteiger partial charge on any atom is 0.273 e. The molecule has 0 radical (unpaired) electrons. The minimum absolute atomic E-state index is 0.0100. The Bertz CT molecular complexity index is 1260. The first-order valence-electron chi connectivity index (χ1n) is 10.5. The van der Waals surface area contributed by atoms with E-state index in [1.807, 2.05) is 11.8 Å². The molecule has 174 valence electrons. The van der Waals surface area contributed by atoms with Gasteiger partial charge in [-0.15, -0.1) is 0 Å². The van der Waals surface area contributed by atoms with E-state index in [-0.39, 0.29) is 29.7 Å². The van der Waals surface area contributed by atoms with Crippen LogP contribution >= 0.6 is 11.3 Å². The van der Waals surface area contributed by atoms with E-state index in [9.17, 15) is 23.2 Å². The van der Waals surface area contributed by atoms with Crippen molar-refractivity contribution in [2.45, 2.75) is 26.3 Å². The number of nitrogens with one attached hydrogen (secondary N) is 2. The summed E-state index contributed by atoms with van der Waals surface area (Å²) in [4.78, 5) is 48.0. The first-order valence-corrected chi connectivity index (χ1v) is 11.3. The molecule has 2 amide bonds. The Balaban J connectivity index is 1.50. The van der Waals surface area contributed by atoms with E-state index in [2.05, 4.69) is 20.6 Å². The van der Waals surface area contributed by atoms with E-state index in [0.29, 0.717) is 22.9 Å². The van der Waals surface area contributed by atoms with Gasteiger partial charge < -0.3 is 15.5 Å². The Hall–Kier alpha value is -3.41. The molecule has 0 bridgehead atoms. The van der Waals surface area contributed by atoms with Crippen molar-refractivity contribution in [2.24, 2.45) is 5.92 Å². The Kier molecular flexibility index (Phi) is 6.63. The second-order valence-corrected chi connectivity index (χ2v) is 8.66. The number of thiazole rings is 1. The van der Waals surface area contributed by atoms with Crippen LogP contribution < -0.4 is 21.1 Å². The smallest absolute Gasteiger partial charge is 0.273 e. The lowest BCUT2D eigenvalue weighted by Crippen LogP contribution is -2.43. The van der Waals surface area contributed by atoms with Crippen LogP contribution in [0.4, 0.5) is 19.6 Å². The maximum absolute atomic E-state index is 13.3. The fraction of sp³-hybridized carbons (Fsp3) is 0.381. The number of rotatable bonds is 6. The maximum atomic E-state index is 13.3. The van der Waals surface area contributed by atoms with Crippen molar-refractivity contribution in [2.75, 3.05) is 29.9 Å². The number of hydrogen-bond acceptors (Lipinski definition) is 7. The van der Waals surface area contributed by atoms with Gasteiger partial charge in [0.05, 0.1) is 5.92 Å². The Morgan fingerprint density at radius 2 is 2.09 bits per heavy atom. The molecule has 2 aromatic heterocycles. The predicted octanol–water partition coefficient (Wildman–Crippen LogP) is 2.12. The van der Waals surface area contributed by atoms with Crippen molar-refractivity contribution in [3.63, 3.8) is 0 Å². The van der Waals surface area contributed by atoms with Crippen molar-refractivity contribution >= 4 is 44.3 Å². The number of piperidine rings is 1. The van der Waals surface area contributed by atoms with E-state index in [1.165, 1.54) is 23.7 Å². The highest BCUT2D eigenvalue weighted by Crippen LogP contribution is 2.29. The molecule has 0 spiro atoms. The molecule has 1 saturated heterocycles. The Morgan fingerprint density at radius 1 is 1.27 bits per heavy atom. The molecule has 9 nitrogen and oxygen atoms in total. The second-order valence-electron chi connectivity index (χ2n) is 7.68. The average molecular weight is 477 g/mol. The summed E-state index contributed by atoms with van der Waals surface area (Å²) < 4.78 is 27.8. The zero-order valence-electron chi connectivity index (χ0n) is 17.8. The molecule has 2 N–H and O–H groups in total. The molecule has 3 heterocycles. The number of anilines is 2. The summed E-state index contributed by atoms with van der Waals surface area (Å²) in [7, 11) is 0. The molecule has 1 atom stereocenters. The van der Waals surface area contributed by atoms with Crippen molar-refractivity contribution in [1.82, 2.24) is 19.9 Å². The molecule has 0 aliphatic carbocycles. The topological polar surface area (TPSA) is 109 Å².